The number of hydrogen-bond acceptors (Lipinski definition) is 5. The van der Waals surface area contributed by atoms with E-state index < -0.39 is 34.2 Å². The van der Waals surface area contributed by atoms with Gasteiger partial charge in [-0.1, -0.05) is 12.1 Å². The van der Waals surface area contributed by atoms with Gasteiger partial charge in [0.05, 0.1) is 30.4 Å². The van der Waals surface area contributed by atoms with Crippen molar-refractivity contribution >= 4 is 27.3 Å². The predicted molar refractivity (Wildman–Crippen MR) is 130 cm³/mol. The van der Waals surface area contributed by atoms with Crippen molar-refractivity contribution < 1.29 is 35.9 Å². The van der Waals surface area contributed by atoms with E-state index in [1.165, 1.54) is 38.5 Å². The Bertz CT molecular complexity index is 1350. The molecular weight excluding hydrogens is 497 g/mol. The first-order valence-electron chi connectivity index (χ1n) is 10.7. The van der Waals surface area contributed by atoms with Crippen LogP contribution in [-0.2, 0) is 21.0 Å². The summed E-state index contributed by atoms with van der Waals surface area (Å²) in [5, 5.41) is 2.36. The fourth-order valence-corrected chi connectivity index (χ4v) is 5.04. The second-order valence-electron chi connectivity index (χ2n) is 8.00. The number of nitrogens with zero attached hydrogens (tertiary/aromatic N) is 1. The molecule has 0 radical (unpaired) electrons. The molecule has 0 spiro atoms. The summed E-state index contributed by atoms with van der Waals surface area (Å²) in [7, 11) is -1.54. The summed E-state index contributed by atoms with van der Waals surface area (Å²) in [6.45, 7) is 2.87. The molecule has 0 aliphatic rings. The van der Waals surface area contributed by atoms with Gasteiger partial charge < -0.3 is 14.8 Å². The van der Waals surface area contributed by atoms with Gasteiger partial charge in [0, 0.05) is 11.8 Å². The lowest BCUT2D eigenvalue weighted by Crippen LogP contribution is -2.38. The first-order valence-corrected chi connectivity index (χ1v) is 12.1. The molecule has 1 N–H and O–H groups in total. The zero-order valence-electron chi connectivity index (χ0n) is 20.0. The van der Waals surface area contributed by atoms with Gasteiger partial charge in [-0.3, -0.25) is 9.10 Å². The summed E-state index contributed by atoms with van der Waals surface area (Å²) >= 11 is 0. The van der Waals surface area contributed by atoms with Crippen LogP contribution >= 0.6 is 0 Å². The van der Waals surface area contributed by atoms with E-state index in [1.54, 1.807) is 26.0 Å². The number of carbonyl (C=O) groups excluding carboxylic acids is 1. The molecule has 1 amide bonds. The number of hydrogen-bond donors (Lipinski definition) is 1. The van der Waals surface area contributed by atoms with Crippen LogP contribution in [0.25, 0.3) is 0 Å². The van der Waals surface area contributed by atoms with Crippen LogP contribution in [0.15, 0.2) is 65.6 Å². The van der Waals surface area contributed by atoms with Crippen LogP contribution in [-0.4, -0.2) is 35.1 Å². The maximum absolute atomic E-state index is 13.7. The number of ether oxygens (including phenoxy) is 2. The van der Waals surface area contributed by atoms with Gasteiger partial charge >= 0.3 is 6.18 Å². The SMILES string of the molecule is COc1ccc(S(=O)(=O)N(CC(=O)Nc2cccc(C(F)(F)F)c2)c2cc(C)cc(C)c2)cc1OC. The number of aryl methyl sites for hydroxylation is 2. The highest BCUT2D eigenvalue weighted by Gasteiger charge is 2.31. The number of carbonyl (C=O) groups is 1. The minimum Gasteiger partial charge on any atom is -0.493 e. The fourth-order valence-electron chi connectivity index (χ4n) is 3.62. The van der Waals surface area contributed by atoms with Crippen LogP contribution in [0.2, 0.25) is 0 Å². The van der Waals surface area contributed by atoms with Gasteiger partial charge in [0.25, 0.3) is 10.0 Å². The van der Waals surface area contributed by atoms with E-state index in [0.29, 0.717) is 5.75 Å². The van der Waals surface area contributed by atoms with Gasteiger partial charge in [-0.25, -0.2) is 8.42 Å². The number of halogens is 3. The van der Waals surface area contributed by atoms with Gasteiger partial charge in [-0.15, -0.1) is 0 Å². The number of benzene rings is 3. The van der Waals surface area contributed by atoms with E-state index in [4.69, 9.17) is 9.47 Å². The van der Waals surface area contributed by atoms with E-state index in [1.807, 2.05) is 6.07 Å². The second-order valence-corrected chi connectivity index (χ2v) is 9.86. The second kappa shape index (κ2) is 10.5. The Labute approximate surface area is 207 Å². The van der Waals surface area contributed by atoms with Crippen molar-refractivity contribution in [3.63, 3.8) is 0 Å². The molecular formula is C25H25F3N2O5S. The highest BCUT2D eigenvalue weighted by atomic mass is 32.2. The molecule has 0 fully saturated rings. The van der Waals surface area contributed by atoms with Crippen LogP contribution in [0, 0.1) is 13.8 Å². The Hall–Kier alpha value is -3.73. The third-order valence-corrected chi connectivity index (χ3v) is 6.97. The molecule has 3 aromatic carbocycles. The molecule has 0 heterocycles. The summed E-state index contributed by atoms with van der Waals surface area (Å²) in [4.78, 5) is 12.7. The van der Waals surface area contributed by atoms with Crippen LogP contribution < -0.4 is 19.1 Å². The van der Waals surface area contributed by atoms with Crippen molar-refractivity contribution in [2.75, 3.05) is 30.4 Å². The standard InChI is InChI=1S/C25H25F3N2O5S/c1-16-10-17(2)12-20(11-16)30(36(32,33)21-8-9-22(34-3)23(14-21)35-4)15-24(31)29-19-7-5-6-18(13-19)25(26,27)28/h5-14H,15H2,1-4H3,(H,29,31). The summed E-state index contributed by atoms with van der Waals surface area (Å²) in [6.07, 6.45) is -4.59. The molecule has 0 unspecified atom stereocenters. The lowest BCUT2D eigenvalue weighted by Gasteiger charge is -2.25. The molecule has 192 valence electrons. The minimum absolute atomic E-state index is 0.112. The highest BCUT2D eigenvalue weighted by molar-refractivity contribution is 7.92. The largest absolute Gasteiger partial charge is 0.493 e. The maximum atomic E-state index is 13.7. The number of amides is 1. The monoisotopic (exact) mass is 522 g/mol. The first kappa shape index (κ1) is 26.9. The number of methoxy groups -OCH3 is 2. The van der Waals surface area contributed by atoms with Crippen LogP contribution in [0.4, 0.5) is 24.5 Å². The average Bonchev–Trinajstić information content (AvgIpc) is 2.80. The quantitative estimate of drug-likeness (QED) is 0.441. The number of sulfonamides is 1. The Balaban J connectivity index is 2.01. The zero-order valence-corrected chi connectivity index (χ0v) is 20.8. The predicted octanol–water partition coefficient (Wildman–Crippen LogP) is 5.17. The van der Waals surface area contributed by atoms with Gasteiger partial charge in [0.2, 0.25) is 5.91 Å². The van der Waals surface area contributed by atoms with Crippen LogP contribution in [0.3, 0.4) is 0 Å². The Kier molecular flexibility index (Phi) is 7.83. The smallest absolute Gasteiger partial charge is 0.416 e. The highest BCUT2D eigenvalue weighted by Crippen LogP contribution is 2.33. The Morgan fingerprint density at radius 2 is 1.56 bits per heavy atom. The van der Waals surface area contributed by atoms with E-state index in [9.17, 15) is 26.4 Å². The van der Waals surface area contributed by atoms with Gasteiger partial charge in [-0.2, -0.15) is 13.2 Å². The lowest BCUT2D eigenvalue weighted by atomic mass is 10.1. The molecule has 0 aliphatic carbocycles. The van der Waals surface area contributed by atoms with Crippen molar-refractivity contribution in [2.45, 2.75) is 24.9 Å². The molecule has 0 aliphatic heterocycles. The van der Waals surface area contributed by atoms with Gasteiger partial charge in [-0.05, 0) is 67.4 Å². The van der Waals surface area contributed by atoms with Crippen LogP contribution in [0.5, 0.6) is 11.5 Å². The van der Waals surface area contributed by atoms with Crippen molar-refractivity contribution in [3.05, 3.63) is 77.4 Å². The number of rotatable bonds is 8. The van der Waals surface area contributed by atoms with Gasteiger partial charge in [0.15, 0.2) is 11.5 Å². The minimum atomic E-state index is -4.59. The molecule has 0 aromatic heterocycles. The molecule has 36 heavy (non-hydrogen) atoms. The molecule has 7 nitrogen and oxygen atoms in total. The normalized spacial score (nSPS) is 11.6. The molecule has 0 saturated heterocycles. The molecule has 3 aromatic rings. The van der Waals surface area contributed by atoms with E-state index in [0.717, 1.165) is 33.6 Å². The van der Waals surface area contributed by atoms with Crippen molar-refractivity contribution in [2.24, 2.45) is 0 Å². The van der Waals surface area contributed by atoms with E-state index in [2.05, 4.69) is 5.32 Å². The summed E-state index contributed by atoms with van der Waals surface area (Å²) in [5.74, 6) is -0.332. The molecule has 3 rings (SSSR count). The number of alkyl halides is 3. The van der Waals surface area contributed by atoms with E-state index in [-0.39, 0.29) is 22.0 Å². The molecule has 11 heteroatoms. The summed E-state index contributed by atoms with van der Waals surface area (Å²) in [5.41, 5.74) is 0.691. The van der Waals surface area contributed by atoms with Crippen molar-refractivity contribution in [1.29, 1.82) is 0 Å². The average molecular weight is 523 g/mol. The molecule has 0 bridgehead atoms. The number of anilines is 2. The topological polar surface area (TPSA) is 84.9 Å². The first-order chi connectivity index (χ1) is 16.8. The molecule has 0 saturated carbocycles. The van der Waals surface area contributed by atoms with Crippen molar-refractivity contribution in [3.8, 4) is 11.5 Å². The fraction of sp³-hybridized carbons (Fsp3) is 0.240. The summed E-state index contributed by atoms with van der Waals surface area (Å²) < 4.78 is 77.8. The summed E-state index contributed by atoms with van der Waals surface area (Å²) in [6, 6.07) is 13.2. The van der Waals surface area contributed by atoms with Crippen molar-refractivity contribution in [1.82, 2.24) is 0 Å². The Morgan fingerprint density at radius 3 is 2.14 bits per heavy atom. The van der Waals surface area contributed by atoms with Gasteiger partial charge in [0.1, 0.15) is 6.54 Å². The third-order valence-electron chi connectivity index (χ3n) is 5.20. The molecule has 0 atom stereocenters. The maximum Gasteiger partial charge on any atom is 0.416 e. The third kappa shape index (κ3) is 6.09. The zero-order chi connectivity index (χ0) is 26.7. The Morgan fingerprint density at radius 1 is 0.917 bits per heavy atom. The number of nitrogens with one attached hydrogen (secondary N) is 1. The van der Waals surface area contributed by atoms with Crippen LogP contribution in [0.1, 0.15) is 16.7 Å². The van der Waals surface area contributed by atoms with E-state index >= 15 is 0 Å². The lowest BCUT2D eigenvalue weighted by molar-refractivity contribution is -0.137.